The van der Waals surface area contributed by atoms with Gasteiger partial charge in [0.15, 0.2) is 0 Å². The summed E-state index contributed by atoms with van der Waals surface area (Å²) in [6, 6.07) is 2.68. The van der Waals surface area contributed by atoms with Gasteiger partial charge in [0.2, 0.25) is 0 Å². The molecule has 1 aromatic heterocycles. The minimum absolute atomic E-state index is 0.497. The Kier molecular flexibility index (Phi) is 7.10. The summed E-state index contributed by atoms with van der Waals surface area (Å²) >= 11 is 9.93. The molecule has 0 saturated carbocycles. The molecule has 108 valence electrons. The summed E-state index contributed by atoms with van der Waals surface area (Å²) in [4.78, 5) is 1.48. The SMILES string of the molecule is CCCNC(c1sccc1Br)C1SCCSC1CC. The second kappa shape index (κ2) is 8.32. The molecule has 1 aliphatic rings. The largest absolute Gasteiger partial charge is 0.308 e. The predicted octanol–water partition coefficient (Wildman–Crippen LogP) is 5.18. The molecular formula is C14H22BrNS3. The maximum atomic E-state index is 3.79. The minimum Gasteiger partial charge on any atom is -0.308 e. The van der Waals surface area contributed by atoms with Gasteiger partial charge in [-0.3, -0.25) is 0 Å². The van der Waals surface area contributed by atoms with Crippen LogP contribution in [0.25, 0.3) is 0 Å². The topological polar surface area (TPSA) is 12.0 Å². The average molecular weight is 380 g/mol. The first-order valence-electron chi connectivity index (χ1n) is 6.97. The zero-order chi connectivity index (χ0) is 13.7. The summed E-state index contributed by atoms with van der Waals surface area (Å²) in [5.74, 6) is 2.60. The third-order valence-electron chi connectivity index (χ3n) is 3.36. The van der Waals surface area contributed by atoms with Gasteiger partial charge in [0.05, 0.1) is 6.04 Å². The van der Waals surface area contributed by atoms with E-state index in [4.69, 9.17) is 0 Å². The van der Waals surface area contributed by atoms with Gasteiger partial charge in [0, 0.05) is 31.4 Å². The van der Waals surface area contributed by atoms with Crippen molar-refractivity contribution in [3.63, 3.8) is 0 Å². The zero-order valence-electron chi connectivity index (χ0n) is 11.5. The molecule has 0 aromatic carbocycles. The number of halogens is 1. The van der Waals surface area contributed by atoms with E-state index in [1.807, 2.05) is 11.3 Å². The molecule has 2 rings (SSSR count). The van der Waals surface area contributed by atoms with E-state index >= 15 is 0 Å². The van der Waals surface area contributed by atoms with Crippen molar-refractivity contribution in [3.05, 3.63) is 20.8 Å². The number of hydrogen-bond acceptors (Lipinski definition) is 4. The molecule has 19 heavy (non-hydrogen) atoms. The molecule has 0 aliphatic carbocycles. The van der Waals surface area contributed by atoms with E-state index in [-0.39, 0.29) is 0 Å². The van der Waals surface area contributed by atoms with Crippen molar-refractivity contribution in [3.8, 4) is 0 Å². The third-order valence-corrected chi connectivity index (χ3v) is 8.67. The van der Waals surface area contributed by atoms with Crippen molar-refractivity contribution < 1.29 is 0 Å². The van der Waals surface area contributed by atoms with Crippen molar-refractivity contribution in [2.24, 2.45) is 0 Å². The first-order valence-corrected chi connectivity index (χ1v) is 10.7. The summed E-state index contributed by atoms with van der Waals surface area (Å²) < 4.78 is 1.28. The first-order chi connectivity index (χ1) is 9.27. The molecule has 2 heterocycles. The van der Waals surface area contributed by atoms with Crippen LogP contribution in [0.15, 0.2) is 15.9 Å². The molecule has 1 aliphatic heterocycles. The lowest BCUT2D eigenvalue weighted by molar-refractivity contribution is 0.503. The van der Waals surface area contributed by atoms with Crippen molar-refractivity contribution in [2.45, 2.75) is 43.2 Å². The highest BCUT2D eigenvalue weighted by Crippen LogP contribution is 2.43. The fraction of sp³-hybridized carbons (Fsp3) is 0.714. The number of thiophene rings is 1. The fourth-order valence-electron chi connectivity index (χ4n) is 2.43. The van der Waals surface area contributed by atoms with Crippen molar-refractivity contribution in [1.82, 2.24) is 5.32 Å². The van der Waals surface area contributed by atoms with Crippen LogP contribution in [-0.4, -0.2) is 28.6 Å². The second-order valence-electron chi connectivity index (χ2n) is 4.72. The standard InChI is InChI=1S/C14H22BrNS3/c1-3-6-16-12(13-10(15)5-7-18-13)14-11(4-2)17-8-9-19-14/h5,7,11-12,14,16H,3-4,6,8-9H2,1-2H3. The van der Waals surface area contributed by atoms with Crippen LogP contribution in [0.2, 0.25) is 0 Å². The third kappa shape index (κ3) is 4.16. The quantitative estimate of drug-likeness (QED) is 0.730. The summed E-state index contributed by atoms with van der Waals surface area (Å²) in [5.41, 5.74) is 0. The Morgan fingerprint density at radius 1 is 1.37 bits per heavy atom. The molecule has 3 unspecified atom stereocenters. The van der Waals surface area contributed by atoms with E-state index in [2.05, 4.69) is 70.1 Å². The van der Waals surface area contributed by atoms with Crippen LogP contribution in [0.1, 0.15) is 37.6 Å². The van der Waals surface area contributed by atoms with E-state index in [0.29, 0.717) is 11.3 Å². The van der Waals surface area contributed by atoms with Crippen LogP contribution in [0.3, 0.4) is 0 Å². The molecule has 1 nitrogen and oxygen atoms in total. The highest BCUT2D eigenvalue weighted by atomic mass is 79.9. The number of nitrogens with one attached hydrogen (secondary N) is 1. The molecule has 1 aromatic rings. The van der Waals surface area contributed by atoms with E-state index in [1.165, 1.54) is 33.7 Å². The highest BCUT2D eigenvalue weighted by Gasteiger charge is 2.34. The van der Waals surface area contributed by atoms with Crippen LogP contribution >= 0.6 is 50.8 Å². The van der Waals surface area contributed by atoms with Crippen molar-refractivity contribution in [2.75, 3.05) is 18.1 Å². The van der Waals surface area contributed by atoms with Gasteiger partial charge in [-0.25, -0.2) is 0 Å². The van der Waals surface area contributed by atoms with Crippen molar-refractivity contribution in [1.29, 1.82) is 0 Å². The maximum absolute atomic E-state index is 3.79. The van der Waals surface area contributed by atoms with Crippen molar-refractivity contribution >= 4 is 50.8 Å². The Morgan fingerprint density at radius 2 is 2.16 bits per heavy atom. The fourth-order valence-corrected chi connectivity index (χ4v) is 7.49. The van der Waals surface area contributed by atoms with Crippen LogP contribution in [0.4, 0.5) is 0 Å². The Labute approximate surface area is 137 Å². The smallest absolute Gasteiger partial charge is 0.0557 e. The molecular weight excluding hydrogens is 358 g/mol. The van der Waals surface area contributed by atoms with E-state index in [0.717, 1.165) is 11.8 Å². The van der Waals surface area contributed by atoms with Crippen LogP contribution in [0, 0.1) is 0 Å². The van der Waals surface area contributed by atoms with Gasteiger partial charge in [-0.2, -0.15) is 23.5 Å². The zero-order valence-corrected chi connectivity index (χ0v) is 15.6. The van der Waals surface area contributed by atoms with Crippen LogP contribution in [-0.2, 0) is 0 Å². The lowest BCUT2D eigenvalue weighted by Crippen LogP contribution is -2.38. The lowest BCUT2D eigenvalue weighted by atomic mass is 10.1. The van der Waals surface area contributed by atoms with Gasteiger partial charge < -0.3 is 5.32 Å². The summed E-state index contributed by atoms with van der Waals surface area (Å²) in [7, 11) is 0. The second-order valence-corrected chi connectivity index (χ2v) is 9.15. The molecule has 0 bridgehead atoms. The monoisotopic (exact) mass is 379 g/mol. The van der Waals surface area contributed by atoms with E-state index in [1.54, 1.807) is 0 Å². The van der Waals surface area contributed by atoms with Gasteiger partial charge >= 0.3 is 0 Å². The molecule has 1 N–H and O–H groups in total. The molecule has 1 saturated heterocycles. The van der Waals surface area contributed by atoms with Gasteiger partial charge in [-0.15, -0.1) is 11.3 Å². The van der Waals surface area contributed by atoms with Crippen LogP contribution < -0.4 is 5.32 Å². The van der Waals surface area contributed by atoms with E-state index in [9.17, 15) is 0 Å². The first kappa shape index (κ1) is 16.2. The molecule has 0 radical (unpaired) electrons. The number of thioether (sulfide) groups is 2. The highest BCUT2D eigenvalue weighted by molar-refractivity contribution is 9.10. The Bertz CT molecular complexity index is 383. The lowest BCUT2D eigenvalue weighted by Gasteiger charge is -2.36. The predicted molar refractivity (Wildman–Crippen MR) is 95.8 cm³/mol. The summed E-state index contributed by atoms with van der Waals surface area (Å²) in [5, 5.41) is 7.47. The van der Waals surface area contributed by atoms with Crippen LogP contribution in [0.5, 0.6) is 0 Å². The minimum atomic E-state index is 0.497. The Morgan fingerprint density at radius 3 is 2.79 bits per heavy atom. The van der Waals surface area contributed by atoms with Gasteiger partial charge in [-0.05, 0) is 46.8 Å². The maximum Gasteiger partial charge on any atom is 0.0557 e. The van der Waals surface area contributed by atoms with Gasteiger partial charge in [0.25, 0.3) is 0 Å². The number of hydrogen-bond donors (Lipinski definition) is 1. The van der Waals surface area contributed by atoms with Gasteiger partial charge in [-0.1, -0.05) is 13.8 Å². The Hall–Kier alpha value is 0.840. The normalized spacial score (nSPS) is 25.4. The molecule has 0 spiro atoms. The molecule has 5 heteroatoms. The average Bonchev–Trinajstić information content (AvgIpc) is 2.86. The molecule has 1 fully saturated rings. The Balaban J connectivity index is 2.18. The molecule has 0 amide bonds. The number of rotatable bonds is 6. The van der Waals surface area contributed by atoms with E-state index < -0.39 is 0 Å². The summed E-state index contributed by atoms with van der Waals surface area (Å²) in [6.45, 7) is 5.68. The van der Waals surface area contributed by atoms with Gasteiger partial charge in [0.1, 0.15) is 0 Å². The molecule has 3 atom stereocenters. The summed E-state index contributed by atoms with van der Waals surface area (Å²) in [6.07, 6.45) is 2.47.